The number of piperidine rings is 1. The maximum Gasteiger partial charge on any atom is 0.286 e. The first-order valence-electron chi connectivity index (χ1n) is 7.72. The summed E-state index contributed by atoms with van der Waals surface area (Å²) in [6.45, 7) is 2.07. The van der Waals surface area contributed by atoms with E-state index in [9.17, 15) is 4.79 Å². The molecule has 1 saturated heterocycles. The predicted octanol–water partition coefficient (Wildman–Crippen LogP) is 1.95. The van der Waals surface area contributed by atoms with Crippen molar-refractivity contribution < 1.29 is 9.21 Å². The number of carbonyl (C=O) groups is 1. The highest BCUT2D eigenvalue weighted by atomic mass is 35.5. The van der Waals surface area contributed by atoms with Crippen LogP contribution in [0.25, 0.3) is 0 Å². The zero-order valence-electron chi connectivity index (χ0n) is 13.7. The zero-order valence-corrected chi connectivity index (χ0v) is 15.4. The summed E-state index contributed by atoms with van der Waals surface area (Å²) in [5, 5.41) is 15.5. The third-order valence-electron chi connectivity index (χ3n) is 4.03. The molecule has 1 aliphatic heterocycles. The molecule has 0 spiro atoms. The number of thioether (sulfide) groups is 1. The second kappa shape index (κ2) is 8.55. The smallest absolute Gasteiger partial charge is 0.286 e. The van der Waals surface area contributed by atoms with Crippen LogP contribution in [0.5, 0.6) is 0 Å². The van der Waals surface area contributed by atoms with Gasteiger partial charge in [0.25, 0.3) is 5.91 Å². The second-order valence-electron chi connectivity index (χ2n) is 5.56. The summed E-state index contributed by atoms with van der Waals surface area (Å²) in [5.74, 6) is 3.02. The Morgan fingerprint density at radius 3 is 2.88 bits per heavy atom. The summed E-state index contributed by atoms with van der Waals surface area (Å²) in [6, 6.07) is 3.51. The summed E-state index contributed by atoms with van der Waals surface area (Å²) in [4.78, 5) is 11.5. The van der Waals surface area contributed by atoms with Gasteiger partial charge in [0.15, 0.2) is 10.9 Å². The summed E-state index contributed by atoms with van der Waals surface area (Å²) in [5.41, 5.74) is 0. The lowest BCUT2D eigenvalue weighted by molar-refractivity contribution is 0.0934. The lowest BCUT2D eigenvalue weighted by Crippen LogP contribution is -2.27. The van der Waals surface area contributed by atoms with Crippen LogP contribution in [0.2, 0.25) is 0 Å². The van der Waals surface area contributed by atoms with Crippen LogP contribution in [0.15, 0.2) is 21.7 Å². The fourth-order valence-corrected chi connectivity index (χ4v) is 3.54. The van der Waals surface area contributed by atoms with Crippen molar-refractivity contribution in [2.24, 2.45) is 7.05 Å². The molecule has 0 unspecified atom stereocenters. The standard InChI is InChI=1S/C15H21N5O2S.ClH/c1-16-14(21)12-4-3-11(22-12)9-23-15-19-18-13(20(15)2)10-5-7-17-8-6-10;/h3-4,10,17H,5-9H2,1-2H3,(H,16,21);1H. The fourth-order valence-electron chi connectivity index (χ4n) is 2.72. The number of aromatic nitrogens is 3. The number of furan rings is 1. The number of halogens is 1. The molecule has 132 valence electrons. The number of carbonyl (C=O) groups excluding carboxylic acids is 1. The average Bonchev–Trinajstić information content (AvgIpc) is 3.20. The predicted molar refractivity (Wildman–Crippen MR) is 94.8 cm³/mol. The minimum atomic E-state index is -0.215. The third kappa shape index (κ3) is 4.12. The maximum absolute atomic E-state index is 11.5. The molecule has 3 heterocycles. The van der Waals surface area contributed by atoms with E-state index < -0.39 is 0 Å². The Bertz CT molecular complexity index is 681. The van der Waals surface area contributed by atoms with Crippen LogP contribution < -0.4 is 10.6 Å². The minimum Gasteiger partial charge on any atom is -0.455 e. The molecule has 1 amide bonds. The van der Waals surface area contributed by atoms with E-state index in [0.29, 0.717) is 17.4 Å². The van der Waals surface area contributed by atoms with Gasteiger partial charge in [0.1, 0.15) is 11.6 Å². The zero-order chi connectivity index (χ0) is 16.2. The van der Waals surface area contributed by atoms with Crippen molar-refractivity contribution in [3.63, 3.8) is 0 Å². The van der Waals surface area contributed by atoms with E-state index in [1.54, 1.807) is 24.9 Å². The molecule has 9 heteroatoms. The highest BCUT2D eigenvalue weighted by Crippen LogP contribution is 2.28. The molecule has 1 aliphatic rings. The molecular formula is C15H22ClN5O2S. The van der Waals surface area contributed by atoms with Gasteiger partial charge >= 0.3 is 0 Å². The topological polar surface area (TPSA) is 85.0 Å². The summed E-state index contributed by atoms with van der Waals surface area (Å²) >= 11 is 1.57. The van der Waals surface area contributed by atoms with Gasteiger partial charge in [0.05, 0.1) is 5.75 Å². The molecule has 2 aromatic rings. The van der Waals surface area contributed by atoms with Gasteiger partial charge in [-0.25, -0.2) is 0 Å². The van der Waals surface area contributed by atoms with Gasteiger partial charge in [-0.3, -0.25) is 4.79 Å². The van der Waals surface area contributed by atoms with Crippen LogP contribution in [0, 0.1) is 0 Å². The van der Waals surface area contributed by atoms with Gasteiger partial charge in [-0.2, -0.15) is 0 Å². The summed E-state index contributed by atoms with van der Waals surface area (Å²) in [7, 11) is 3.60. The third-order valence-corrected chi connectivity index (χ3v) is 5.07. The summed E-state index contributed by atoms with van der Waals surface area (Å²) < 4.78 is 7.60. The molecule has 2 N–H and O–H groups in total. The summed E-state index contributed by atoms with van der Waals surface area (Å²) in [6.07, 6.45) is 2.20. The van der Waals surface area contributed by atoms with Gasteiger partial charge in [-0.1, -0.05) is 11.8 Å². The van der Waals surface area contributed by atoms with Crippen molar-refractivity contribution in [3.8, 4) is 0 Å². The molecular weight excluding hydrogens is 350 g/mol. The van der Waals surface area contributed by atoms with E-state index in [1.807, 2.05) is 13.1 Å². The normalized spacial score (nSPS) is 15.1. The van der Waals surface area contributed by atoms with Crippen LogP contribution >= 0.6 is 24.2 Å². The highest BCUT2D eigenvalue weighted by molar-refractivity contribution is 7.98. The number of rotatable bonds is 5. The van der Waals surface area contributed by atoms with Crippen molar-refractivity contribution in [2.75, 3.05) is 20.1 Å². The van der Waals surface area contributed by atoms with Crippen molar-refractivity contribution in [3.05, 3.63) is 29.5 Å². The SMILES string of the molecule is CNC(=O)c1ccc(CSc2nnc(C3CCNCC3)n2C)o1.Cl. The molecule has 7 nitrogen and oxygen atoms in total. The number of hydrogen-bond acceptors (Lipinski definition) is 6. The van der Waals surface area contributed by atoms with Crippen LogP contribution in [0.3, 0.4) is 0 Å². The first-order valence-corrected chi connectivity index (χ1v) is 8.71. The van der Waals surface area contributed by atoms with Crippen LogP contribution in [0.4, 0.5) is 0 Å². The highest BCUT2D eigenvalue weighted by Gasteiger charge is 2.22. The van der Waals surface area contributed by atoms with Crippen molar-refractivity contribution in [1.82, 2.24) is 25.4 Å². The van der Waals surface area contributed by atoms with Gasteiger partial charge in [0.2, 0.25) is 0 Å². The van der Waals surface area contributed by atoms with E-state index >= 15 is 0 Å². The molecule has 0 saturated carbocycles. The van der Waals surface area contributed by atoms with Crippen molar-refractivity contribution in [1.29, 1.82) is 0 Å². The Hall–Kier alpha value is -1.51. The molecule has 3 rings (SSSR count). The number of amides is 1. The van der Waals surface area contributed by atoms with Crippen LogP contribution in [0.1, 0.15) is 40.9 Å². The van der Waals surface area contributed by atoms with Gasteiger partial charge in [-0.15, -0.1) is 22.6 Å². The molecule has 1 fully saturated rings. The van der Waals surface area contributed by atoms with Gasteiger partial charge in [-0.05, 0) is 38.1 Å². The maximum atomic E-state index is 11.5. The van der Waals surface area contributed by atoms with Crippen LogP contribution in [-0.2, 0) is 12.8 Å². The van der Waals surface area contributed by atoms with Crippen molar-refractivity contribution in [2.45, 2.75) is 29.7 Å². The van der Waals surface area contributed by atoms with Crippen molar-refractivity contribution >= 4 is 30.1 Å². The quantitative estimate of drug-likeness (QED) is 0.781. The molecule has 0 bridgehead atoms. The molecule has 0 aromatic carbocycles. The molecule has 24 heavy (non-hydrogen) atoms. The Morgan fingerprint density at radius 2 is 2.17 bits per heavy atom. The number of hydrogen-bond donors (Lipinski definition) is 2. The van der Waals surface area contributed by atoms with Gasteiger partial charge in [0, 0.05) is 20.0 Å². The first-order chi connectivity index (χ1) is 11.2. The first kappa shape index (κ1) is 18.8. The monoisotopic (exact) mass is 371 g/mol. The molecule has 0 radical (unpaired) electrons. The van der Waals surface area contributed by atoms with E-state index in [0.717, 1.165) is 42.7 Å². The van der Waals surface area contributed by atoms with E-state index in [-0.39, 0.29) is 18.3 Å². The number of nitrogens with one attached hydrogen (secondary N) is 2. The van der Waals surface area contributed by atoms with Crippen LogP contribution in [-0.4, -0.2) is 40.8 Å². The Balaban J connectivity index is 0.00000208. The van der Waals surface area contributed by atoms with E-state index in [4.69, 9.17) is 4.42 Å². The fraction of sp³-hybridized carbons (Fsp3) is 0.533. The average molecular weight is 372 g/mol. The molecule has 2 aromatic heterocycles. The largest absolute Gasteiger partial charge is 0.455 e. The van der Waals surface area contributed by atoms with Gasteiger partial charge < -0.3 is 19.6 Å². The Morgan fingerprint density at radius 1 is 1.42 bits per heavy atom. The Kier molecular flexibility index (Phi) is 6.70. The molecule has 0 aliphatic carbocycles. The Labute approximate surface area is 151 Å². The lowest BCUT2D eigenvalue weighted by atomic mass is 9.97. The lowest BCUT2D eigenvalue weighted by Gasteiger charge is -2.21. The van der Waals surface area contributed by atoms with E-state index in [2.05, 4.69) is 25.4 Å². The minimum absolute atomic E-state index is 0. The van der Waals surface area contributed by atoms with E-state index in [1.165, 1.54) is 0 Å². The second-order valence-corrected chi connectivity index (χ2v) is 6.50. The molecule has 0 atom stereocenters. The number of nitrogens with zero attached hydrogens (tertiary/aromatic N) is 3.